The van der Waals surface area contributed by atoms with Crippen LogP contribution in [0.4, 0.5) is 14.9 Å². The Balaban J connectivity index is 1.84. The number of hydrogen-bond donors (Lipinski definition) is 1. The fourth-order valence-electron chi connectivity index (χ4n) is 2.26. The van der Waals surface area contributed by atoms with Crippen LogP contribution in [0.5, 0.6) is 0 Å². The molecule has 2 heterocycles. The Kier molecular flexibility index (Phi) is 6.02. The molecular weight excluding hydrogens is 399 g/mol. The molecular formula is C19H19FN4O4S. The first-order chi connectivity index (χ1) is 13.7. The highest BCUT2D eigenvalue weighted by Gasteiger charge is 2.29. The van der Waals surface area contributed by atoms with Gasteiger partial charge in [0.2, 0.25) is 10.7 Å². The lowest BCUT2D eigenvalue weighted by Crippen LogP contribution is -2.28. The summed E-state index contributed by atoms with van der Waals surface area (Å²) in [5.74, 6) is -0.768. The molecule has 0 bridgehead atoms. The van der Waals surface area contributed by atoms with Crippen LogP contribution < -0.4 is 5.32 Å². The number of carbonyl (C=O) groups excluding carboxylic acids is 2. The topological polar surface area (TPSA) is 99.2 Å². The van der Waals surface area contributed by atoms with Gasteiger partial charge in [0.1, 0.15) is 11.9 Å². The van der Waals surface area contributed by atoms with Gasteiger partial charge in [-0.1, -0.05) is 18.2 Å². The number of rotatable bonds is 5. The standard InChI is InChI=1S/C19H19FN4O4S/c1-19(2,3)28-18(26)24-15(12-9-10-27-11-12)22-23-17(24)29-14(20)16(25)21-13-7-5-4-6-8-13/h4-11,14H,1-3H3,(H,21,25). The normalized spacial score (nSPS) is 12.4. The van der Waals surface area contributed by atoms with Crippen LogP contribution >= 0.6 is 11.8 Å². The molecule has 1 N–H and O–H groups in total. The summed E-state index contributed by atoms with van der Waals surface area (Å²) in [5.41, 5.74) is -1.91. The van der Waals surface area contributed by atoms with Crippen molar-refractivity contribution in [2.75, 3.05) is 5.32 Å². The zero-order chi connectivity index (χ0) is 21.0. The third-order valence-electron chi connectivity index (χ3n) is 3.45. The first-order valence-corrected chi connectivity index (χ1v) is 9.50. The minimum atomic E-state index is -2.03. The van der Waals surface area contributed by atoms with Gasteiger partial charge < -0.3 is 14.5 Å². The lowest BCUT2D eigenvalue weighted by atomic mass is 10.2. The molecule has 3 rings (SSSR count). The van der Waals surface area contributed by atoms with Crippen molar-refractivity contribution in [1.82, 2.24) is 14.8 Å². The molecule has 0 radical (unpaired) electrons. The second kappa shape index (κ2) is 8.48. The Morgan fingerprint density at radius 2 is 1.93 bits per heavy atom. The van der Waals surface area contributed by atoms with Crippen LogP contribution in [0.15, 0.2) is 58.5 Å². The van der Waals surface area contributed by atoms with E-state index < -0.39 is 23.1 Å². The minimum absolute atomic E-state index is 0.117. The molecule has 0 saturated carbocycles. The second-order valence-electron chi connectivity index (χ2n) is 6.92. The maximum atomic E-state index is 14.6. The van der Waals surface area contributed by atoms with Crippen molar-refractivity contribution in [3.63, 3.8) is 0 Å². The van der Waals surface area contributed by atoms with Gasteiger partial charge in [0, 0.05) is 5.69 Å². The number of thioether (sulfide) groups is 1. The summed E-state index contributed by atoms with van der Waals surface area (Å²) in [6, 6.07) is 10.1. The van der Waals surface area contributed by atoms with Crippen molar-refractivity contribution in [2.45, 2.75) is 37.0 Å². The number of anilines is 1. The molecule has 0 fully saturated rings. The zero-order valence-electron chi connectivity index (χ0n) is 16.0. The van der Waals surface area contributed by atoms with Crippen LogP contribution in [-0.4, -0.2) is 37.9 Å². The second-order valence-corrected chi connectivity index (χ2v) is 7.94. The lowest BCUT2D eigenvalue weighted by molar-refractivity contribution is -0.118. The largest absolute Gasteiger partial charge is 0.472 e. The first kappa shape index (κ1) is 20.6. The Hall–Kier alpha value is -3.14. The molecule has 1 amide bonds. The van der Waals surface area contributed by atoms with E-state index in [1.165, 1.54) is 12.5 Å². The number of para-hydroxylation sites is 1. The highest BCUT2D eigenvalue weighted by molar-refractivity contribution is 8.00. The fraction of sp³-hybridized carbons (Fsp3) is 0.263. The molecule has 1 aromatic carbocycles. The summed E-state index contributed by atoms with van der Waals surface area (Å²) < 4.78 is 26.0. The zero-order valence-corrected chi connectivity index (χ0v) is 16.8. The Bertz CT molecular complexity index is 984. The highest BCUT2D eigenvalue weighted by atomic mass is 32.2. The first-order valence-electron chi connectivity index (χ1n) is 8.62. The SMILES string of the molecule is CC(C)(C)OC(=O)n1c(SC(F)C(=O)Nc2ccccc2)nnc1-c1ccoc1. The lowest BCUT2D eigenvalue weighted by Gasteiger charge is -2.20. The van der Waals surface area contributed by atoms with Gasteiger partial charge in [-0.25, -0.2) is 13.8 Å². The number of carbonyl (C=O) groups is 2. The number of amides is 1. The average Bonchev–Trinajstić information content (AvgIpc) is 3.30. The Morgan fingerprint density at radius 1 is 1.21 bits per heavy atom. The molecule has 29 heavy (non-hydrogen) atoms. The number of alkyl halides is 1. The van der Waals surface area contributed by atoms with Gasteiger partial charge in [0.25, 0.3) is 5.91 Å². The molecule has 0 saturated heterocycles. The van der Waals surface area contributed by atoms with Crippen LogP contribution in [0.3, 0.4) is 0 Å². The van der Waals surface area contributed by atoms with Crippen LogP contribution in [-0.2, 0) is 9.53 Å². The number of nitrogens with one attached hydrogen (secondary N) is 1. The number of aromatic nitrogens is 3. The van der Waals surface area contributed by atoms with Crippen LogP contribution in [0, 0.1) is 0 Å². The predicted octanol–water partition coefficient (Wildman–Crippen LogP) is 4.35. The number of halogens is 1. The minimum Gasteiger partial charge on any atom is -0.472 e. The summed E-state index contributed by atoms with van der Waals surface area (Å²) in [7, 11) is 0. The van der Waals surface area contributed by atoms with E-state index in [2.05, 4.69) is 15.5 Å². The van der Waals surface area contributed by atoms with Crippen molar-refractivity contribution in [3.05, 3.63) is 48.9 Å². The average molecular weight is 418 g/mol. The maximum Gasteiger partial charge on any atom is 0.422 e. The van der Waals surface area contributed by atoms with Crippen molar-refractivity contribution < 1.29 is 23.1 Å². The van der Waals surface area contributed by atoms with Gasteiger partial charge in [-0.05, 0) is 50.7 Å². The molecule has 8 nitrogen and oxygen atoms in total. The summed E-state index contributed by atoms with van der Waals surface area (Å²) in [6.45, 7) is 5.10. The van der Waals surface area contributed by atoms with E-state index in [4.69, 9.17) is 9.15 Å². The summed E-state index contributed by atoms with van der Waals surface area (Å²) >= 11 is 0.449. The van der Waals surface area contributed by atoms with E-state index in [9.17, 15) is 14.0 Å². The summed E-state index contributed by atoms with van der Waals surface area (Å²) in [5, 5.41) is 10.1. The smallest absolute Gasteiger partial charge is 0.422 e. The van der Waals surface area contributed by atoms with Crippen LogP contribution in [0.1, 0.15) is 20.8 Å². The third kappa shape index (κ3) is 5.23. The van der Waals surface area contributed by atoms with Crippen LogP contribution in [0.25, 0.3) is 11.4 Å². The molecule has 0 aliphatic rings. The molecule has 1 atom stereocenters. The number of hydrogen-bond acceptors (Lipinski definition) is 7. The van der Waals surface area contributed by atoms with Gasteiger partial charge in [-0.2, -0.15) is 0 Å². The number of ether oxygens (including phenoxy) is 1. The van der Waals surface area contributed by atoms with Crippen molar-refractivity contribution in [2.24, 2.45) is 0 Å². The van der Waals surface area contributed by atoms with E-state index in [1.54, 1.807) is 57.2 Å². The molecule has 10 heteroatoms. The highest BCUT2D eigenvalue weighted by Crippen LogP contribution is 2.29. The van der Waals surface area contributed by atoms with Crippen molar-refractivity contribution >= 4 is 29.4 Å². The molecule has 0 aliphatic heterocycles. The van der Waals surface area contributed by atoms with E-state index in [0.29, 0.717) is 23.0 Å². The van der Waals surface area contributed by atoms with Gasteiger partial charge in [-0.3, -0.25) is 4.79 Å². The van der Waals surface area contributed by atoms with Gasteiger partial charge >= 0.3 is 6.09 Å². The fourth-order valence-corrected chi connectivity index (χ4v) is 2.97. The van der Waals surface area contributed by atoms with Gasteiger partial charge in [0.05, 0.1) is 11.8 Å². The molecule has 1 unspecified atom stereocenters. The molecule has 2 aromatic heterocycles. The van der Waals surface area contributed by atoms with E-state index in [-0.39, 0.29) is 11.0 Å². The van der Waals surface area contributed by atoms with E-state index >= 15 is 0 Å². The van der Waals surface area contributed by atoms with Gasteiger partial charge in [0.15, 0.2) is 5.82 Å². The monoisotopic (exact) mass is 418 g/mol. The number of benzene rings is 1. The quantitative estimate of drug-likeness (QED) is 0.615. The van der Waals surface area contributed by atoms with Crippen LogP contribution in [0.2, 0.25) is 0 Å². The Morgan fingerprint density at radius 3 is 2.55 bits per heavy atom. The predicted molar refractivity (Wildman–Crippen MR) is 105 cm³/mol. The third-order valence-corrected chi connectivity index (χ3v) is 4.34. The van der Waals surface area contributed by atoms with E-state index in [0.717, 1.165) is 4.57 Å². The Labute approximate surface area is 170 Å². The maximum absolute atomic E-state index is 14.6. The number of furan rings is 1. The number of nitrogens with zero attached hydrogens (tertiary/aromatic N) is 3. The summed E-state index contributed by atoms with van der Waals surface area (Å²) in [4.78, 5) is 24.9. The molecule has 3 aromatic rings. The molecule has 152 valence electrons. The molecule has 0 aliphatic carbocycles. The van der Waals surface area contributed by atoms with E-state index in [1.807, 2.05) is 0 Å². The van der Waals surface area contributed by atoms with Gasteiger partial charge in [-0.15, -0.1) is 10.2 Å². The van der Waals surface area contributed by atoms with Crippen molar-refractivity contribution in [1.29, 1.82) is 0 Å². The summed E-state index contributed by atoms with van der Waals surface area (Å²) in [6.07, 6.45) is 1.98. The van der Waals surface area contributed by atoms with Crippen molar-refractivity contribution in [3.8, 4) is 11.4 Å². The molecule has 0 spiro atoms.